The SMILES string of the molecule is Cc1ncccc1Oc1[c]ccc(Br)c1. The zero-order chi connectivity index (χ0) is 10.7. The van der Waals surface area contributed by atoms with Crippen LogP contribution in [0.5, 0.6) is 11.5 Å². The fraction of sp³-hybridized carbons (Fsp3) is 0.0833. The van der Waals surface area contributed by atoms with E-state index in [2.05, 4.69) is 27.0 Å². The van der Waals surface area contributed by atoms with Crippen LogP contribution in [0.4, 0.5) is 0 Å². The predicted octanol–water partition coefficient (Wildman–Crippen LogP) is 3.75. The van der Waals surface area contributed by atoms with Gasteiger partial charge in [-0.25, -0.2) is 0 Å². The topological polar surface area (TPSA) is 22.1 Å². The van der Waals surface area contributed by atoms with E-state index in [1.54, 1.807) is 6.20 Å². The van der Waals surface area contributed by atoms with Crippen LogP contribution < -0.4 is 4.74 Å². The van der Waals surface area contributed by atoms with Crippen LogP contribution >= 0.6 is 15.9 Å². The number of pyridine rings is 1. The molecule has 0 fully saturated rings. The third kappa shape index (κ3) is 2.57. The molecule has 2 rings (SSSR count). The maximum absolute atomic E-state index is 5.64. The fourth-order valence-electron chi connectivity index (χ4n) is 1.17. The molecule has 0 atom stereocenters. The highest BCUT2D eigenvalue weighted by molar-refractivity contribution is 9.10. The summed E-state index contributed by atoms with van der Waals surface area (Å²) in [6.07, 6.45) is 1.74. The van der Waals surface area contributed by atoms with E-state index in [1.165, 1.54) is 0 Å². The first-order chi connectivity index (χ1) is 7.25. The fourth-order valence-corrected chi connectivity index (χ4v) is 1.51. The Labute approximate surface area is 97.1 Å². The van der Waals surface area contributed by atoms with Crippen molar-refractivity contribution < 1.29 is 4.74 Å². The summed E-state index contributed by atoms with van der Waals surface area (Å²) in [6.45, 7) is 1.91. The smallest absolute Gasteiger partial charge is 0.148 e. The van der Waals surface area contributed by atoms with E-state index in [0.29, 0.717) is 5.75 Å². The zero-order valence-electron chi connectivity index (χ0n) is 8.20. The molecule has 2 nitrogen and oxygen atoms in total. The van der Waals surface area contributed by atoms with Crippen molar-refractivity contribution in [3.8, 4) is 11.5 Å². The quantitative estimate of drug-likeness (QED) is 0.823. The maximum Gasteiger partial charge on any atom is 0.148 e. The Hall–Kier alpha value is -1.35. The van der Waals surface area contributed by atoms with Gasteiger partial charge in [0.25, 0.3) is 0 Å². The van der Waals surface area contributed by atoms with Crippen molar-refractivity contribution in [2.24, 2.45) is 0 Å². The van der Waals surface area contributed by atoms with Gasteiger partial charge in [-0.1, -0.05) is 15.9 Å². The van der Waals surface area contributed by atoms with Gasteiger partial charge in [-0.2, -0.15) is 0 Å². The number of nitrogens with zero attached hydrogens (tertiary/aromatic N) is 1. The number of aryl methyl sites for hydroxylation is 1. The van der Waals surface area contributed by atoms with E-state index in [4.69, 9.17) is 4.74 Å². The molecule has 1 aromatic carbocycles. The Morgan fingerprint density at radius 2 is 2.27 bits per heavy atom. The first-order valence-electron chi connectivity index (χ1n) is 4.52. The zero-order valence-corrected chi connectivity index (χ0v) is 9.78. The van der Waals surface area contributed by atoms with Crippen LogP contribution in [0.2, 0.25) is 0 Å². The molecule has 0 saturated carbocycles. The number of rotatable bonds is 2. The van der Waals surface area contributed by atoms with Gasteiger partial charge < -0.3 is 4.74 Å². The van der Waals surface area contributed by atoms with Gasteiger partial charge in [0.2, 0.25) is 0 Å². The van der Waals surface area contributed by atoms with E-state index in [-0.39, 0.29) is 0 Å². The van der Waals surface area contributed by atoms with Gasteiger partial charge in [0, 0.05) is 16.7 Å². The molecule has 3 heteroatoms. The first kappa shape index (κ1) is 10.2. The maximum atomic E-state index is 5.64. The Morgan fingerprint density at radius 3 is 3.00 bits per heavy atom. The molecular weight excluding hydrogens is 254 g/mol. The summed E-state index contributed by atoms with van der Waals surface area (Å²) in [7, 11) is 0. The summed E-state index contributed by atoms with van der Waals surface area (Å²) in [6, 6.07) is 12.3. The third-order valence-corrected chi connectivity index (χ3v) is 2.41. The third-order valence-electron chi connectivity index (χ3n) is 1.92. The van der Waals surface area contributed by atoms with Crippen LogP contribution in [0, 0.1) is 13.0 Å². The molecule has 0 spiro atoms. The number of hydrogen-bond donors (Lipinski definition) is 0. The number of hydrogen-bond acceptors (Lipinski definition) is 2. The van der Waals surface area contributed by atoms with Gasteiger partial charge in [0.1, 0.15) is 11.5 Å². The monoisotopic (exact) mass is 262 g/mol. The molecule has 75 valence electrons. The average Bonchev–Trinajstić information content (AvgIpc) is 2.22. The number of aromatic nitrogens is 1. The molecule has 0 aliphatic heterocycles. The highest BCUT2D eigenvalue weighted by Crippen LogP contribution is 2.25. The van der Waals surface area contributed by atoms with E-state index in [1.807, 2.05) is 37.3 Å². The van der Waals surface area contributed by atoms with Crippen molar-refractivity contribution in [1.82, 2.24) is 4.98 Å². The molecule has 1 radical (unpaired) electrons. The predicted molar refractivity (Wildman–Crippen MR) is 62.0 cm³/mol. The van der Waals surface area contributed by atoms with Crippen LogP contribution in [-0.4, -0.2) is 4.98 Å². The second-order valence-corrected chi connectivity index (χ2v) is 3.98. The summed E-state index contributed by atoms with van der Waals surface area (Å²) >= 11 is 3.38. The highest BCUT2D eigenvalue weighted by Gasteiger charge is 2.01. The Morgan fingerprint density at radius 1 is 1.40 bits per heavy atom. The first-order valence-corrected chi connectivity index (χ1v) is 5.32. The second-order valence-electron chi connectivity index (χ2n) is 3.06. The van der Waals surface area contributed by atoms with E-state index in [9.17, 15) is 0 Å². The summed E-state index contributed by atoms with van der Waals surface area (Å²) in [5.41, 5.74) is 0.867. The van der Waals surface area contributed by atoms with Crippen molar-refractivity contribution in [3.05, 3.63) is 52.8 Å². The van der Waals surface area contributed by atoms with Crippen molar-refractivity contribution in [3.63, 3.8) is 0 Å². The Bertz CT molecular complexity index is 471. The molecule has 0 aliphatic rings. The van der Waals surface area contributed by atoms with Crippen molar-refractivity contribution >= 4 is 15.9 Å². The average molecular weight is 263 g/mol. The highest BCUT2D eigenvalue weighted by atomic mass is 79.9. The molecule has 15 heavy (non-hydrogen) atoms. The van der Waals surface area contributed by atoms with Crippen LogP contribution in [0.1, 0.15) is 5.69 Å². The minimum atomic E-state index is 0.681. The molecule has 0 N–H and O–H groups in total. The molecule has 2 aromatic rings. The van der Waals surface area contributed by atoms with E-state index in [0.717, 1.165) is 15.9 Å². The summed E-state index contributed by atoms with van der Waals surface area (Å²) < 4.78 is 6.61. The minimum absolute atomic E-state index is 0.681. The van der Waals surface area contributed by atoms with E-state index >= 15 is 0 Å². The number of benzene rings is 1. The lowest BCUT2D eigenvalue weighted by atomic mass is 10.3. The van der Waals surface area contributed by atoms with E-state index < -0.39 is 0 Å². The van der Waals surface area contributed by atoms with Crippen LogP contribution in [0.25, 0.3) is 0 Å². The van der Waals surface area contributed by atoms with Gasteiger partial charge in [-0.3, -0.25) is 4.98 Å². The normalized spacial score (nSPS) is 10.0. The molecule has 0 saturated heterocycles. The number of ether oxygens (including phenoxy) is 1. The molecule has 0 amide bonds. The van der Waals surface area contributed by atoms with Crippen molar-refractivity contribution in [1.29, 1.82) is 0 Å². The van der Waals surface area contributed by atoms with Gasteiger partial charge in [-0.05, 0) is 37.3 Å². The molecular formula is C12H9BrNO. The van der Waals surface area contributed by atoms with Gasteiger partial charge in [-0.15, -0.1) is 0 Å². The minimum Gasteiger partial charge on any atom is -0.455 e. The summed E-state index contributed by atoms with van der Waals surface area (Å²) in [4.78, 5) is 4.15. The lowest BCUT2D eigenvalue weighted by Gasteiger charge is -2.07. The summed E-state index contributed by atoms with van der Waals surface area (Å²) in [5, 5.41) is 0. The van der Waals surface area contributed by atoms with Crippen molar-refractivity contribution in [2.75, 3.05) is 0 Å². The Kier molecular flexibility index (Phi) is 3.02. The standard InChI is InChI=1S/C12H9BrNO/c1-9-12(6-3-7-14-9)15-11-5-2-4-10(13)8-11/h2-4,6-8H,1H3. The number of halogens is 1. The lowest BCUT2D eigenvalue weighted by Crippen LogP contribution is -1.89. The molecule has 0 unspecified atom stereocenters. The van der Waals surface area contributed by atoms with Crippen LogP contribution in [0.15, 0.2) is 41.0 Å². The Balaban J connectivity index is 2.26. The second kappa shape index (κ2) is 4.45. The molecule has 0 aliphatic carbocycles. The summed E-state index contributed by atoms with van der Waals surface area (Å²) in [5.74, 6) is 1.44. The lowest BCUT2D eigenvalue weighted by molar-refractivity contribution is 0.474. The van der Waals surface area contributed by atoms with Crippen LogP contribution in [0.3, 0.4) is 0 Å². The van der Waals surface area contributed by atoms with Crippen molar-refractivity contribution in [2.45, 2.75) is 6.92 Å². The van der Waals surface area contributed by atoms with Gasteiger partial charge in [0.05, 0.1) is 5.69 Å². The largest absolute Gasteiger partial charge is 0.455 e. The van der Waals surface area contributed by atoms with Crippen LogP contribution in [-0.2, 0) is 0 Å². The van der Waals surface area contributed by atoms with Gasteiger partial charge >= 0.3 is 0 Å². The van der Waals surface area contributed by atoms with Gasteiger partial charge in [0.15, 0.2) is 0 Å². The molecule has 0 bridgehead atoms. The molecule has 1 aromatic heterocycles. The molecule has 1 heterocycles.